The summed E-state index contributed by atoms with van der Waals surface area (Å²) in [7, 11) is 1.42. The third-order valence-electron chi connectivity index (χ3n) is 2.96. The first-order valence-corrected chi connectivity index (χ1v) is 7.24. The Morgan fingerprint density at radius 1 is 1.25 bits per heavy atom. The molecule has 0 aliphatic carbocycles. The summed E-state index contributed by atoms with van der Waals surface area (Å²) >= 11 is 0. The second kappa shape index (κ2) is 11.1. The molecule has 0 aliphatic rings. The standard InChI is InChI=1S/C15H21F3N4O.HI/c1-3-11-5-4-6-12(9-11)22-13(23)10-21-14(19-2)20-8-7-15(16,17)18;/h4-6,9H,3,7-8,10H2,1-2H3,(H,22,23)(H2,19,20,21);1H. The van der Waals surface area contributed by atoms with E-state index in [9.17, 15) is 18.0 Å². The van der Waals surface area contributed by atoms with Gasteiger partial charge < -0.3 is 16.0 Å². The van der Waals surface area contributed by atoms with Crippen LogP contribution in [0.15, 0.2) is 29.3 Å². The molecule has 0 saturated heterocycles. The zero-order valence-corrected chi connectivity index (χ0v) is 15.9. The molecule has 0 bridgehead atoms. The van der Waals surface area contributed by atoms with Crippen LogP contribution in [0.2, 0.25) is 0 Å². The van der Waals surface area contributed by atoms with Crippen LogP contribution >= 0.6 is 24.0 Å². The van der Waals surface area contributed by atoms with Gasteiger partial charge in [0.05, 0.1) is 13.0 Å². The lowest BCUT2D eigenvalue weighted by molar-refractivity contribution is -0.132. The van der Waals surface area contributed by atoms with Crippen molar-refractivity contribution in [1.82, 2.24) is 10.6 Å². The van der Waals surface area contributed by atoms with Gasteiger partial charge in [-0.05, 0) is 24.1 Å². The van der Waals surface area contributed by atoms with Gasteiger partial charge in [-0.2, -0.15) is 13.2 Å². The highest BCUT2D eigenvalue weighted by Crippen LogP contribution is 2.18. The molecule has 0 aliphatic heterocycles. The molecule has 0 aromatic heterocycles. The fourth-order valence-electron chi connectivity index (χ4n) is 1.78. The third kappa shape index (κ3) is 9.58. The van der Waals surface area contributed by atoms with E-state index in [1.165, 1.54) is 7.05 Å². The molecule has 0 saturated carbocycles. The summed E-state index contributed by atoms with van der Waals surface area (Å²) in [6.07, 6.45) is -4.34. The van der Waals surface area contributed by atoms with E-state index >= 15 is 0 Å². The fraction of sp³-hybridized carbons (Fsp3) is 0.467. The van der Waals surface area contributed by atoms with Crippen LogP contribution in [0.1, 0.15) is 18.9 Å². The molecule has 3 N–H and O–H groups in total. The lowest BCUT2D eigenvalue weighted by atomic mass is 10.1. The van der Waals surface area contributed by atoms with Crippen molar-refractivity contribution >= 4 is 41.5 Å². The van der Waals surface area contributed by atoms with Crippen LogP contribution < -0.4 is 16.0 Å². The van der Waals surface area contributed by atoms with Crippen LogP contribution in [0, 0.1) is 0 Å². The molecule has 0 radical (unpaired) electrons. The van der Waals surface area contributed by atoms with Crippen molar-refractivity contribution in [3.05, 3.63) is 29.8 Å². The number of anilines is 1. The number of hydrogen-bond donors (Lipinski definition) is 3. The first-order valence-electron chi connectivity index (χ1n) is 7.24. The number of aliphatic imine (C=N–C) groups is 1. The quantitative estimate of drug-likeness (QED) is 0.349. The van der Waals surface area contributed by atoms with E-state index in [1.807, 2.05) is 25.1 Å². The van der Waals surface area contributed by atoms with Crippen molar-refractivity contribution in [2.24, 2.45) is 4.99 Å². The summed E-state index contributed by atoms with van der Waals surface area (Å²) in [4.78, 5) is 15.6. The second-order valence-corrected chi connectivity index (χ2v) is 4.82. The molecule has 0 fully saturated rings. The average molecular weight is 458 g/mol. The van der Waals surface area contributed by atoms with Crippen molar-refractivity contribution < 1.29 is 18.0 Å². The summed E-state index contributed by atoms with van der Waals surface area (Å²) in [5.41, 5.74) is 1.77. The fourth-order valence-corrected chi connectivity index (χ4v) is 1.78. The highest BCUT2D eigenvalue weighted by atomic mass is 127. The molecule has 1 amide bonds. The SMILES string of the molecule is CCc1cccc(NC(=O)CNC(=NC)NCCC(F)(F)F)c1.I. The molecule has 24 heavy (non-hydrogen) atoms. The molecule has 1 aromatic rings. The average Bonchev–Trinajstić information content (AvgIpc) is 2.49. The molecule has 9 heteroatoms. The first-order chi connectivity index (χ1) is 10.8. The number of alkyl halides is 3. The van der Waals surface area contributed by atoms with Crippen molar-refractivity contribution in [3.63, 3.8) is 0 Å². The van der Waals surface area contributed by atoms with Crippen molar-refractivity contribution in [2.45, 2.75) is 25.9 Å². The minimum atomic E-state index is -4.23. The molecular formula is C15H22F3IN4O. The third-order valence-corrected chi connectivity index (χ3v) is 2.96. The van der Waals surface area contributed by atoms with Gasteiger partial charge in [-0.15, -0.1) is 24.0 Å². The van der Waals surface area contributed by atoms with Crippen LogP contribution in [-0.4, -0.2) is 38.2 Å². The number of nitrogens with one attached hydrogen (secondary N) is 3. The van der Waals surface area contributed by atoms with E-state index in [0.717, 1.165) is 12.0 Å². The number of benzene rings is 1. The zero-order valence-electron chi connectivity index (χ0n) is 13.5. The number of carbonyl (C=O) groups excluding carboxylic acids is 1. The lowest BCUT2D eigenvalue weighted by Gasteiger charge is -2.13. The van der Waals surface area contributed by atoms with E-state index < -0.39 is 12.6 Å². The Balaban J connectivity index is 0.00000529. The summed E-state index contributed by atoms with van der Waals surface area (Å²) in [5.74, 6) is -0.163. The van der Waals surface area contributed by atoms with Gasteiger partial charge >= 0.3 is 6.18 Å². The number of nitrogens with zero attached hydrogens (tertiary/aromatic N) is 1. The molecule has 0 unspecified atom stereocenters. The topological polar surface area (TPSA) is 65.5 Å². The summed E-state index contributed by atoms with van der Waals surface area (Å²) in [5, 5.41) is 7.88. The largest absolute Gasteiger partial charge is 0.390 e. The van der Waals surface area contributed by atoms with Crippen LogP contribution in [0.4, 0.5) is 18.9 Å². The Bertz CT molecular complexity index is 550. The van der Waals surface area contributed by atoms with Gasteiger partial charge in [0.1, 0.15) is 0 Å². The number of amides is 1. The van der Waals surface area contributed by atoms with E-state index in [1.54, 1.807) is 6.07 Å². The Labute approximate surface area is 156 Å². The number of aryl methyl sites for hydroxylation is 1. The van der Waals surface area contributed by atoms with E-state index in [0.29, 0.717) is 5.69 Å². The Morgan fingerprint density at radius 3 is 2.54 bits per heavy atom. The van der Waals surface area contributed by atoms with E-state index in [4.69, 9.17) is 0 Å². The smallest absolute Gasteiger partial charge is 0.356 e. The first kappa shape index (κ1) is 22.5. The molecule has 0 heterocycles. The predicted octanol–water partition coefficient (Wildman–Crippen LogP) is 2.92. The lowest BCUT2D eigenvalue weighted by Crippen LogP contribution is -2.42. The van der Waals surface area contributed by atoms with Crippen LogP contribution in [-0.2, 0) is 11.2 Å². The van der Waals surface area contributed by atoms with Gasteiger partial charge in [-0.1, -0.05) is 19.1 Å². The number of rotatable bonds is 6. The maximum Gasteiger partial charge on any atom is 0.390 e. The number of hydrogen-bond acceptors (Lipinski definition) is 2. The Kier molecular flexibility index (Phi) is 10.4. The van der Waals surface area contributed by atoms with Gasteiger partial charge in [0.15, 0.2) is 5.96 Å². The van der Waals surface area contributed by atoms with Gasteiger partial charge in [0, 0.05) is 19.3 Å². The van der Waals surface area contributed by atoms with E-state index in [-0.39, 0.29) is 48.9 Å². The maximum atomic E-state index is 12.1. The Morgan fingerprint density at radius 2 is 1.96 bits per heavy atom. The number of carbonyl (C=O) groups is 1. The molecule has 0 spiro atoms. The zero-order chi connectivity index (χ0) is 17.3. The second-order valence-electron chi connectivity index (χ2n) is 4.82. The van der Waals surface area contributed by atoms with Crippen LogP contribution in [0.25, 0.3) is 0 Å². The predicted molar refractivity (Wildman–Crippen MR) is 99.9 cm³/mol. The highest BCUT2D eigenvalue weighted by molar-refractivity contribution is 14.0. The molecular weight excluding hydrogens is 436 g/mol. The molecule has 0 atom stereocenters. The van der Waals surface area contributed by atoms with Crippen LogP contribution in [0.5, 0.6) is 0 Å². The molecule has 1 rings (SSSR count). The summed E-state index contributed by atoms with van der Waals surface area (Å²) in [6.45, 7) is 1.62. The summed E-state index contributed by atoms with van der Waals surface area (Å²) < 4.78 is 36.2. The van der Waals surface area contributed by atoms with Crippen molar-refractivity contribution in [1.29, 1.82) is 0 Å². The molecule has 1 aromatic carbocycles. The summed E-state index contributed by atoms with van der Waals surface area (Å²) in [6, 6.07) is 7.45. The number of guanidine groups is 1. The normalized spacial score (nSPS) is 11.5. The Hall–Kier alpha value is -1.52. The minimum Gasteiger partial charge on any atom is -0.356 e. The van der Waals surface area contributed by atoms with Gasteiger partial charge in [-0.3, -0.25) is 9.79 Å². The van der Waals surface area contributed by atoms with Gasteiger partial charge in [0.25, 0.3) is 0 Å². The molecule has 5 nitrogen and oxygen atoms in total. The monoisotopic (exact) mass is 458 g/mol. The van der Waals surface area contributed by atoms with Gasteiger partial charge in [-0.25, -0.2) is 0 Å². The molecule has 136 valence electrons. The van der Waals surface area contributed by atoms with Crippen molar-refractivity contribution in [2.75, 3.05) is 25.5 Å². The van der Waals surface area contributed by atoms with E-state index in [2.05, 4.69) is 20.9 Å². The van der Waals surface area contributed by atoms with Crippen LogP contribution in [0.3, 0.4) is 0 Å². The minimum absolute atomic E-state index is 0. The van der Waals surface area contributed by atoms with Crippen molar-refractivity contribution in [3.8, 4) is 0 Å². The highest BCUT2D eigenvalue weighted by Gasteiger charge is 2.26. The number of halogens is 4. The maximum absolute atomic E-state index is 12.1. The van der Waals surface area contributed by atoms with Gasteiger partial charge in [0.2, 0.25) is 5.91 Å².